The first-order valence-corrected chi connectivity index (χ1v) is 9.38. The molecular weight excluding hydrogens is 390 g/mol. The molecule has 4 rings (SSSR count). The van der Waals surface area contributed by atoms with Crippen LogP contribution >= 0.6 is 11.6 Å². The molecule has 0 saturated heterocycles. The maximum absolute atomic E-state index is 11.1. The normalized spacial score (nSPS) is 10.8. The first-order valence-electron chi connectivity index (χ1n) is 9.00. The number of rotatable bonds is 6. The fraction of sp³-hybridized carbons (Fsp3) is 0.143. The average Bonchev–Trinajstić information content (AvgIpc) is 3.15. The zero-order valence-corrected chi connectivity index (χ0v) is 16.4. The van der Waals surface area contributed by atoms with Gasteiger partial charge in [-0.05, 0) is 36.4 Å². The zero-order chi connectivity index (χ0) is 20.2. The van der Waals surface area contributed by atoms with Crippen LogP contribution in [0, 0.1) is 0 Å². The topological polar surface area (TPSA) is 81.9 Å². The van der Waals surface area contributed by atoms with E-state index in [1.54, 1.807) is 28.9 Å². The lowest BCUT2D eigenvalue weighted by Crippen LogP contribution is -2.05. The number of halogens is 1. The van der Waals surface area contributed by atoms with Crippen LogP contribution in [0.4, 0.5) is 5.69 Å². The highest BCUT2D eigenvalue weighted by molar-refractivity contribution is 6.30. The van der Waals surface area contributed by atoms with Gasteiger partial charge in [0.1, 0.15) is 23.2 Å². The van der Waals surface area contributed by atoms with Crippen LogP contribution in [-0.4, -0.2) is 25.9 Å². The fourth-order valence-electron chi connectivity index (χ4n) is 2.90. The largest absolute Gasteiger partial charge is 0.487 e. The number of fused-ring (bicyclic) bond motifs is 1. The van der Waals surface area contributed by atoms with Crippen molar-refractivity contribution in [2.24, 2.45) is 0 Å². The lowest BCUT2D eigenvalue weighted by atomic mass is 10.1. The molecule has 0 bridgehead atoms. The van der Waals surface area contributed by atoms with E-state index in [-0.39, 0.29) is 12.5 Å². The lowest BCUT2D eigenvalue weighted by molar-refractivity contribution is -0.114. The molecule has 0 aliphatic carbocycles. The van der Waals surface area contributed by atoms with Gasteiger partial charge in [0.05, 0.1) is 18.3 Å². The standard InChI is InChI=1S/C21H18ClN5O2/c1-14(28)23-17-6-8-19(9-7-17)29-13-18-12-27(26-25-18)11-16-10-15-4-2-3-5-20(15)24-21(16)22/h2-10,12H,11,13H2,1H3,(H,23,28). The minimum Gasteiger partial charge on any atom is -0.487 e. The number of ether oxygens (including phenoxy) is 1. The molecule has 0 fully saturated rings. The van der Waals surface area contributed by atoms with E-state index in [0.29, 0.717) is 23.1 Å². The summed E-state index contributed by atoms with van der Waals surface area (Å²) in [4.78, 5) is 15.5. The van der Waals surface area contributed by atoms with Crippen LogP contribution in [0.3, 0.4) is 0 Å². The molecule has 0 radical (unpaired) electrons. The number of nitrogens with one attached hydrogen (secondary N) is 1. The minimum absolute atomic E-state index is 0.114. The molecule has 7 nitrogen and oxygen atoms in total. The number of para-hydroxylation sites is 1. The van der Waals surface area contributed by atoms with Crippen molar-refractivity contribution in [1.82, 2.24) is 20.0 Å². The van der Waals surface area contributed by atoms with E-state index < -0.39 is 0 Å². The Morgan fingerprint density at radius 2 is 1.97 bits per heavy atom. The molecule has 0 saturated carbocycles. The van der Waals surface area contributed by atoms with Gasteiger partial charge in [-0.25, -0.2) is 9.67 Å². The van der Waals surface area contributed by atoms with Crippen LogP contribution in [0.2, 0.25) is 5.15 Å². The number of pyridine rings is 1. The zero-order valence-electron chi connectivity index (χ0n) is 15.7. The van der Waals surface area contributed by atoms with Gasteiger partial charge in [-0.3, -0.25) is 4.79 Å². The number of anilines is 1. The second-order valence-electron chi connectivity index (χ2n) is 6.53. The van der Waals surface area contributed by atoms with Crippen LogP contribution in [0.5, 0.6) is 5.75 Å². The molecule has 2 aromatic carbocycles. The number of hydrogen-bond acceptors (Lipinski definition) is 5. The fourth-order valence-corrected chi connectivity index (χ4v) is 3.10. The smallest absolute Gasteiger partial charge is 0.221 e. The molecule has 2 aromatic heterocycles. The van der Waals surface area contributed by atoms with Crippen LogP contribution in [0.1, 0.15) is 18.2 Å². The molecule has 0 unspecified atom stereocenters. The van der Waals surface area contributed by atoms with Gasteiger partial charge in [-0.15, -0.1) is 5.10 Å². The third-order valence-corrected chi connectivity index (χ3v) is 4.56. The van der Waals surface area contributed by atoms with Gasteiger partial charge in [-0.2, -0.15) is 0 Å². The van der Waals surface area contributed by atoms with Crippen molar-refractivity contribution in [3.63, 3.8) is 0 Å². The van der Waals surface area contributed by atoms with Gasteiger partial charge in [0.15, 0.2) is 0 Å². The van der Waals surface area contributed by atoms with E-state index in [9.17, 15) is 4.79 Å². The van der Waals surface area contributed by atoms with E-state index in [1.807, 2.05) is 36.5 Å². The molecule has 0 atom stereocenters. The van der Waals surface area contributed by atoms with Gasteiger partial charge >= 0.3 is 0 Å². The molecular formula is C21H18ClN5O2. The van der Waals surface area contributed by atoms with Gasteiger partial charge in [0.25, 0.3) is 0 Å². The van der Waals surface area contributed by atoms with Crippen molar-refractivity contribution in [3.8, 4) is 5.75 Å². The predicted octanol–water partition coefficient (Wildman–Crippen LogP) is 4.07. The summed E-state index contributed by atoms with van der Waals surface area (Å²) in [6.45, 7) is 2.22. The molecule has 4 aromatic rings. The summed E-state index contributed by atoms with van der Waals surface area (Å²) in [6, 6.07) is 17.0. The summed E-state index contributed by atoms with van der Waals surface area (Å²) >= 11 is 6.32. The van der Waals surface area contributed by atoms with E-state index in [1.165, 1.54) is 6.92 Å². The summed E-state index contributed by atoms with van der Waals surface area (Å²) in [5.74, 6) is 0.562. The van der Waals surface area contributed by atoms with Crippen molar-refractivity contribution in [2.75, 3.05) is 5.32 Å². The Kier molecular flexibility index (Phi) is 5.39. The van der Waals surface area contributed by atoms with E-state index in [4.69, 9.17) is 16.3 Å². The number of carbonyl (C=O) groups excluding carboxylic acids is 1. The maximum Gasteiger partial charge on any atom is 0.221 e. The first kappa shape index (κ1) is 18.9. The number of amides is 1. The van der Waals surface area contributed by atoms with Gasteiger partial charge in [0, 0.05) is 23.6 Å². The van der Waals surface area contributed by atoms with Crippen molar-refractivity contribution < 1.29 is 9.53 Å². The molecule has 2 heterocycles. The quantitative estimate of drug-likeness (QED) is 0.487. The highest BCUT2D eigenvalue weighted by atomic mass is 35.5. The highest BCUT2D eigenvalue weighted by Crippen LogP contribution is 2.21. The third kappa shape index (κ3) is 4.70. The van der Waals surface area contributed by atoms with Crippen LogP contribution in [0.25, 0.3) is 10.9 Å². The van der Waals surface area contributed by atoms with Crippen molar-refractivity contribution in [1.29, 1.82) is 0 Å². The molecule has 0 spiro atoms. The number of nitrogens with zero attached hydrogens (tertiary/aromatic N) is 4. The van der Waals surface area contributed by atoms with Gasteiger partial charge in [0.2, 0.25) is 5.91 Å². The monoisotopic (exact) mass is 407 g/mol. The Morgan fingerprint density at radius 1 is 1.17 bits per heavy atom. The Bertz CT molecular complexity index is 1160. The molecule has 0 aliphatic heterocycles. The minimum atomic E-state index is -0.114. The van der Waals surface area contributed by atoms with Crippen molar-refractivity contribution in [3.05, 3.63) is 77.2 Å². The average molecular weight is 408 g/mol. The van der Waals surface area contributed by atoms with Crippen molar-refractivity contribution in [2.45, 2.75) is 20.1 Å². The third-order valence-electron chi connectivity index (χ3n) is 4.23. The highest BCUT2D eigenvalue weighted by Gasteiger charge is 2.08. The SMILES string of the molecule is CC(=O)Nc1ccc(OCc2cn(Cc3cc4ccccc4nc3Cl)nn2)cc1. The van der Waals surface area contributed by atoms with Crippen LogP contribution < -0.4 is 10.1 Å². The van der Waals surface area contributed by atoms with E-state index in [0.717, 1.165) is 22.2 Å². The summed E-state index contributed by atoms with van der Waals surface area (Å²) in [5, 5.41) is 12.5. The number of carbonyl (C=O) groups is 1. The Morgan fingerprint density at radius 3 is 2.76 bits per heavy atom. The van der Waals surface area contributed by atoms with Crippen LogP contribution in [-0.2, 0) is 17.9 Å². The van der Waals surface area contributed by atoms with Gasteiger partial charge < -0.3 is 10.1 Å². The molecule has 8 heteroatoms. The molecule has 1 N–H and O–H groups in total. The van der Waals surface area contributed by atoms with E-state index >= 15 is 0 Å². The summed E-state index contributed by atoms with van der Waals surface area (Å²) in [7, 11) is 0. The summed E-state index contributed by atoms with van der Waals surface area (Å²) in [6.07, 6.45) is 1.82. The Labute approximate surface area is 172 Å². The lowest BCUT2D eigenvalue weighted by Gasteiger charge is -2.06. The van der Waals surface area contributed by atoms with Crippen molar-refractivity contribution >= 4 is 34.1 Å². The van der Waals surface area contributed by atoms with E-state index in [2.05, 4.69) is 20.6 Å². The second kappa shape index (κ2) is 8.28. The van der Waals surface area contributed by atoms with Gasteiger partial charge in [-0.1, -0.05) is 35.0 Å². The molecule has 146 valence electrons. The predicted molar refractivity (Wildman–Crippen MR) is 111 cm³/mol. The summed E-state index contributed by atoms with van der Waals surface area (Å²) in [5.41, 5.74) is 3.15. The summed E-state index contributed by atoms with van der Waals surface area (Å²) < 4.78 is 7.43. The Balaban J connectivity index is 1.40. The molecule has 1 amide bonds. The number of benzene rings is 2. The Hall–Kier alpha value is -3.45. The number of hydrogen-bond donors (Lipinski definition) is 1. The van der Waals surface area contributed by atoms with Crippen LogP contribution in [0.15, 0.2) is 60.8 Å². The first-order chi connectivity index (χ1) is 14.1. The number of aromatic nitrogens is 4. The maximum atomic E-state index is 11.1. The second-order valence-corrected chi connectivity index (χ2v) is 6.89. The molecule has 29 heavy (non-hydrogen) atoms. The molecule has 0 aliphatic rings.